The molecule has 8 heteroatoms. The van der Waals surface area contributed by atoms with Gasteiger partial charge in [0.15, 0.2) is 0 Å². The summed E-state index contributed by atoms with van der Waals surface area (Å²) in [6.07, 6.45) is 2.14. The number of carbonyl (C=O) groups is 1. The van der Waals surface area contributed by atoms with Crippen molar-refractivity contribution in [2.24, 2.45) is 17.6 Å². The van der Waals surface area contributed by atoms with E-state index in [0.717, 1.165) is 19.4 Å². The fourth-order valence-electron chi connectivity index (χ4n) is 3.87. The molecule has 146 valence electrons. The van der Waals surface area contributed by atoms with Crippen molar-refractivity contribution in [3.05, 3.63) is 29.8 Å². The maximum absolute atomic E-state index is 12.7. The van der Waals surface area contributed by atoms with Gasteiger partial charge in [0.1, 0.15) is 0 Å². The lowest BCUT2D eigenvalue weighted by Gasteiger charge is -2.21. The van der Waals surface area contributed by atoms with E-state index in [4.69, 9.17) is 5.73 Å². The molecule has 6 nitrogen and oxygen atoms in total. The molecule has 0 radical (unpaired) electrons. The summed E-state index contributed by atoms with van der Waals surface area (Å²) in [6, 6.07) is 6.32. The van der Waals surface area contributed by atoms with E-state index >= 15 is 0 Å². The molecule has 1 aromatic carbocycles. The lowest BCUT2D eigenvalue weighted by Crippen LogP contribution is -2.34. The summed E-state index contributed by atoms with van der Waals surface area (Å²) in [6.45, 7) is 5.11. The Labute approximate surface area is 162 Å². The van der Waals surface area contributed by atoms with E-state index in [-0.39, 0.29) is 35.3 Å². The van der Waals surface area contributed by atoms with Crippen molar-refractivity contribution in [1.82, 2.24) is 9.21 Å². The topological polar surface area (TPSA) is 83.7 Å². The lowest BCUT2D eigenvalue weighted by atomic mass is 9.98. The van der Waals surface area contributed by atoms with Gasteiger partial charge in [-0.15, -0.1) is 12.4 Å². The van der Waals surface area contributed by atoms with Gasteiger partial charge in [0.2, 0.25) is 10.0 Å². The van der Waals surface area contributed by atoms with Gasteiger partial charge in [-0.05, 0) is 62.8 Å². The average molecular weight is 402 g/mol. The largest absolute Gasteiger partial charge is 0.338 e. The lowest BCUT2D eigenvalue weighted by molar-refractivity contribution is 0.0779. The average Bonchev–Trinajstić information content (AvgIpc) is 3.16. The van der Waals surface area contributed by atoms with Crippen LogP contribution in [0.2, 0.25) is 0 Å². The molecule has 1 amide bonds. The highest BCUT2D eigenvalue weighted by Gasteiger charge is 2.42. The molecule has 3 rings (SSSR count). The molecule has 1 aliphatic heterocycles. The van der Waals surface area contributed by atoms with E-state index in [9.17, 15) is 13.2 Å². The molecule has 0 aromatic heterocycles. The number of fused-ring (bicyclic) bond motifs is 1. The van der Waals surface area contributed by atoms with Gasteiger partial charge in [-0.2, -0.15) is 4.31 Å². The third-order valence-corrected chi connectivity index (χ3v) is 7.75. The van der Waals surface area contributed by atoms with Crippen LogP contribution >= 0.6 is 12.4 Å². The molecule has 2 N–H and O–H groups in total. The molecule has 1 heterocycles. The summed E-state index contributed by atoms with van der Waals surface area (Å²) in [7, 11) is -1.97. The number of carbonyl (C=O) groups excluding carboxylic acids is 1. The van der Waals surface area contributed by atoms with Crippen LogP contribution in [0, 0.1) is 11.8 Å². The van der Waals surface area contributed by atoms with Gasteiger partial charge >= 0.3 is 0 Å². The standard InChI is InChI=1S/C18H27N3O3S.ClH/c1-12(2)20(3)25(23,24)15-7-4-13(5-8-15)18(22)21-10-14-6-9-17(19)16(14)11-21;/h4-5,7-8,12,14,16-17H,6,9-11,19H2,1-3H3;1H. The van der Waals surface area contributed by atoms with Crippen LogP contribution in [-0.2, 0) is 10.0 Å². The Balaban J connectivity index is 0.00000243. The van der Waals surface area contributed by atoms with Crippen LogP contribution in [0.5, 0.6) is 0 Å². The van der Waals surface area contributed by atoms with Crippen molar-refractivity contribution in [2.75, 3.05) is 20.1 Å². The van der Waals surface area contributed by atoms with Gasteiger partial charge in [0.25, 0.3) is 5.91 Å². The Bertz CT molecular complexity index is 751. The third kappa shape index (κ3) is 3.76. The zero-order valence-corrected chi connectivity index (χ0v) is 17.1. The minimum atomic E-state index is -3.53. The fraction of sp³-hybridized carbons (Fsp3) is 0.611. The van der Waals surface area contributed by atoms with Gasteiger partial charge < -0.3 is 10.6 Å². The highest BCUT2D eigenvalue weighted by molar-refractivity contribution is 7.89. The van der Waals surface area contributed by atoms with Crippen molar-refractivity contribution in [3.63, 3.8) is 0 Å². The number of hydrogen-bond donors (Lipinski definition) is 1. The molecule has 26 heavy (non-hydrogen) atoms. The van der Waals surface area contributed by atoms with Crippen LogP contribution in [0.1, 0.15) is 37.0 Å². The Morgan fingerprint density at radius 2 is 1.81 bits per heavy atom. The van der Waals surface area contributed by atoms with E-state index in [2.05, 4.69) is 0 Å². The van der Waals surface area contributed by atoms with Gasteiger partial charge in [0.05, 0.1) is 4.90 Å². The van der Waals surface area contributed by atoms with E-state index < -0.39 is 10.0 Å². The third-order valence-electron chi connectivity index (χ3n) is 5.71. The van der Waals surface area contributed by atoms with Crippen LogP contribution in [0.4, 0.5) is 0 Å². The molecule has 0 bridgehead atoms. The quantitative estimate of drug-likeness (QED) is 0.835. The summed E-state index contributed by atoms with van der Waals surface area (Å²) in [5.41, 5.74) is 6.66. The predicted molar refractivity (Wildman–Crippen MR) is 104 cm³/mol. The Morgan fingerprint density at radius 1 is 1.19 bits per heavy atom. The summed E-state index contributed by atoms with van der Waals surface area (Å²) in [4.78, 5) is 14.8. The van der Waals surface area contributed by atoms with E-state index in [1.165, 1.54) is 16.4 Å². The number of nitrogens with two attached hydrogens (primary N) is 1. The molecule has 1 aromatic rings. The van der Waals surface area contributed by atoms with Crippen molar-refractivity contribution >= 4 is 28.3 Å². The molecule has 1 aliphatic carbocycles. The zero-order valence-electron chi connectivity index (χ0n) is 15.5. The zero-order chi connectivity index (χ0) is 18.4. The van der Waals surface area contributed by atoms with E-state index in [1.54, 1.807) is 19.2 Å². The number of likely N-dealkylation sites (tertiary alicyclic amines) is 1. The highest BCUT2D eigenvalue weighted by atomic mass is 35.5. The van der Waals surface area contributed by atoms with Gasteiger partial charge in [-0.25, -0.2) is 8.42 Å². The molecule has 1 saturated carbocycles. The first kappa shape index (κ1) is 21.2. The molecule has 1 saturated heterocycles. The van der Waals surface area contributed by atoms with Gasteiger partial charge in [0, 0.05) is 37.8 Å². The summed E-state index contributed by atoms with van der Waals surface area (Å²) in [5, 5.41) is 0. The normalized spacial score (nSPS) is 25.5. The Morgan fingerprint density at radius 3 is 2.35 bits per heavy atom. The number of benzene rings is 1. The molecule has 3 unspecified atom stereocenters. The van der Waals surface area contributed by atoms with Crippen LogP contribution in [0.25, 0.3) is 0 Å². The number of halogens is 1. The molecular formula is C18H28ClN3O3S. The second-order valence-electron chi connectivity index (χ2n) is 7.51. The minimum Gasteiger partial charge on any atom is -0.338 e. The molecule has 0 spiro atoms. The Kier molecular flexibility index (Phi) is 6.38. The fourth-order valence-corrected chi connectivity index (χ4v) is 5.24. The smallest absolute Gasteiger partial charge is 0.253 e. The molecule has 2 aliphatic rings. The number of sulfonamides is 1. The summed E-state index contributed by atoms with van der Waals surface area (Å²) >= 11 is 0. The maximum Gasteiger partial charge on any atom is 0.253 e. The van der Waals surface area contributed by atoms with Crippen molar-refractivity contribution in [2.45, 2.75) is 43.7 Å². The monoisotopic (exact) mass is 401 g/mol. The van der Waals surface area contributed by atoms with Crippen LogP contribution < -0.4 is 5.73 Å². The first-order chi connectivity index (χ1) is 11.7. The number of nitrogens with zero attached hydrogens (tertiary/aromatic N) is 2. The SMILES string of the molecule is CC(C)N(C)S(=O)(=O)c1ccc(C(=O)N2CC3CCC(N)C3C2)cc1.Cl. The van der Waals surface area contributed by atoms with Crippen LogP contribution in [0.15, 0.2) is 29.2 Å². The predicted octanol–water partition coefficient (Wildman–Crippen LogP) is 1.95. The first-order valence-corrected chi connectivity index (χ1v) is 10.3. The van der Waals surface area contributed by atoms with Crippen LogP contribution in [-0.4, -0.2) is 55.8 Å². The van der Waals surface area contributed by atoms with Gasteiger partial charge in [-0.3, -0.25) is 4.79 Å². The molecular weight excluding hydrogens is 374 g/mol. The molecule has 3 atom stereocenters. The van der Waals surface area contributed by atoms with Crippen LogP contribution in [0.3, 0.4) is 0 Å². The first-order valence-electron chi connectivity index (χ1n) is 8.84. The van der Waals surface area contributed by atoms with Crippen molar-refractivity contribution < 1.29 is 13.2 Å². The Hall–Kier alpha value is -1.15. The second kappa shape index (κ2) is 7.84. The number of hydrogen-bond acceptors (Lipinski definition) is 4. The second-order valence-corrected chi connectivity index (χ2v) is 9.51. The van der Waals surface area contributed by atoms with Gasteiger partial charge in [-0.1, -0.05) is 0 Å². The van der Waals surface area contributed by atoms with Crippen molar-refractivity contribution in [1.29, 1.82) is 0 Å². The highest BCUT2D eigenvalue weighted by Crippen LogP contribution is 2.37. The van der Waals surface area contributed by atoms with Crippen molar-refractivity contribution in [3.8, 4) is 0 Å². The number of rotatable bonds is 4. The molecule has 2 fully saturated rings. The van der Waals surface area contributed by atoms with E-state index in [1.807, 2.05) is 18.7 Å². The summed E-state index contributed by atoms with van der Waals surface area (Å²) in [5.74, 6) is 0.879. The maximum atomic E-state index is 12.7. The minimum absolute atomic E-state index is 0. The van der Waals surface area contributed by atoms with E-state index in [0.29, 0.717) is 23.9 Å². The number of amides is 1. The summed E-state index contributed by atoms with van der Waals surface area (Å²) < 4.78 is 26.3.